The van der Waals surface area contributed by atoms with Crippen molar-refractivity contribution in [2.45, 2.75) is 25.3 Å². The van der Waals surface area contributed by atoms with E-state index >= 15 is 0 Å². The van der Waals surface area contributed by atoms with E-state index in [1.165, 1.54) is 17.3 Å². The second kappa shape index (κ2) is 5.33. The summed E-state index contributed by atoms with van der Waals surface area (Å²) >= 11 is 0. The smallest absolute Gasteiger partial charge is 0.255 e. The van der Waals surface area contributed by atoms with Gasteiger partial charge in [-0.25, -0.2) is 0 Å². The van der Waals surface area contributed by atoms with Gasteiger partial charge in [0.2, 0.25) is 0 Å². The number of fused-ring (bicyclic) bond motifs is 1. The molecule has 0 saturated heterocycles. The molecule has 0 radical (unpaired) electrons. The number of nitrogen functional groups attached to an aromatic ring is 1. The number of aromatic nitrogens is 1. The molecule has 4 heteroatoms. The standard InChI is InChI=1S/C16H17N3O/c17-14-8-9-18-10-13(14)16(20)19-15-7-3-5-11-4-1-2-6-12(11)15/h1-2,4,6,8-10,15H,3,5,7H2,(H2,17,18)(H,19,20). The molecule has 0 bridgehead atoms. The Labute approximate surface area is 118 Å². The average molecular weight is 267 g/mol. The molecule has 1 aromatic heterocycles. The molecule has 0 aliphatic heterocycles. The lowest BCUT2D eigenvalue weighted by Crippen LogP contribution is -2.31. The number of benzene rings is 1. The minimum atomic E-state index is -0.155. The van der Waals surface area contributed by atoms with Crippen molar-refractivity contribution >= 4 is 11.6 Å². The molecule has 1 atom stereocenters. The molecular weight excluding hydrogens is 250 g/mol. The third-order valence-corrected chi connectivity index (χ3v) is 3.77. The molecule has 1 aromatic carbocycles. The summed E-state index contributed by atoms with van der Waals surface area (Å²) in [6.07, 6.45) is 6.23. The lowest BCUT2D eigenvalue weighted by atomic mass is 9.87. The molecule has 1 unspecified atom stereocenters. The highest BCUT2D eigenvalue weighted by Gasteiger charge is 2.22. The van der Waals surface area contributed by atoms with Crippen molar-refractivity contribution in [1.82, 2.24) is 10.3 Å². The van der Waals surface area contributed by atoms with E-state index in [9.17, 15) is 4.79 Å². The maximum Gasteiger partial charge on any atom is 0.255 e. The highest BCUT2D eigenvalue weighted by atomic mass is 16.1. The van der Waals surface area contributed by atoms with Gasteiger partial charge in [0.15, 0.2) is 0 Å². The number of hydrogen-bond acceptors (Lipinski definition) is 3. The fourth-order valence-corrected chi connectivity index (χ4v) is 2.73. The topological polar surface area (TPSA) is 68.0 Å². The van der Waals surface area contributed by atoms with Crippen molar-refractivity contribution in [1.29, 1.82) is 0 Å². The van der Waals surface area contributed by atoms with Crippen molar-refractivity contribution in [3.05, 3.63) is 59.4 Å². The number of hydrogen-bond donors (Lipinski definition) is 2. The first-order valence-corrected chi connectivity index (χ1v) is 6.84. The molecule has 3 rings (SSSR count). The third-order valence-electron chi connectivity index (χ3n) is 3.77. The van der Waals surface area contributed by atoms with Crippen LogP contribution < -0.4 is 11.1 Å². The van der Waals surface area contributed by atoms with Gasteiger partial charge >= 0.3 is 0 Å². The van der Waals surface area contributed by atoms with E-state index in [0.29, 0.717) is 11.3 Å². The molecule has 102 valence electrons. The first kappa shape index (κ1) is 12.7. The van der Waals surface area contributed by atoms with E-state index in [0.717, 1.165) is 19.3 Å². The van der Waals surface area contributed by atoms with Gasteiger partial charge in [-0.15, -0.1) is 0 Å². The Kier molecular flexibility index (Phi) is 3.37. The van der Waals surface area contributed by atoms with Gasteiger partial charge in [-0.2, -0.15) is 0 Å². The van der Waals surface area contributed by atoms with E-state index in [2.05, 4.69) is 22.4 Å². The monoisotopic (exact) mass is 267 g/mol. The molecule has 3 N–H and O–H groups in total. The molecular formula is C16H17N3O. The van der Waals surface area contributed by atoms with Crippen LogP contribution in [0.15, 0.2) is 42.7 Å². The van der Waals surface area contributed by atoms with Crippen LogP contribution in [0, 0.1) is 0 Å². The normalized spacial score (nSPS) is 17.3. The van der Waals surface area contributed by atoms with Crippen molar-refractivity contribution in [3.8, 4) is 0 Å². The van der Waals surface area contributed by atoms with E-state index in [-0.39, 0.29) is 11.9 Å². The van der Waals surface area contributed by atoms with Crippen LogP contribution in [0.3, 0.4) is 0 Å². The van der Waals surface area contributed by atoms with Crippen molar-refractivity contribution < 1.29 is 4.79 Å². The Bertz CT molecular complexity index is 639. The summed E-state index contributed by atoms with van der Waals surface area (Å²) in [5.74, 6) is -0.155. The van der Waals surface area contributed by atoms with E-state index in [1.807, 2.05) is 12.1 Å². The molecule has 4 nitrogen and oxygen atoms in total. The number of nitrogens with zero attached hydrogens (tertiary/aromatic N) is 1. The quantitative estimate of drug-likeness (QED) is 0.878. The van der Waals surface area contributed by atoms with Crippen LogP contribution in [-0.2, 0) is 6.42 Å². The second-order valence-corrected chi connectivity index (χ2v) is 5.08. The van der Waals surface area contributed by atoms with Gasteiger partial charge < -0.3 is 11.1 Å². The summed E-state index contributed by atoms with van der Waals surface area (Å²) in [5.41, 5.74) is 9.26. The third kappa shape index (κ3) is 2.37. The highest BCUT2D eigenvalue weighted by Crippen LogP contribution is 2.29. The number of nitrogens with one attached hydrogen (secondary N) is 1. The Morgan fingerprint density at radius 2 is 2.15 bits per heavy atom. The Balaban J connectivity index is 1.83. The van der Waals surface area contributed by atoms with Gasteiger partial charge in [0.1, 0.15) is 0 Å². The first-order valence-electron chi connectivity index (χ1n) is 6.84. The minimum absolute atomic E-state index is 0.0621. The van der Waals surface area contributed by atoms with Crippen molar-refractivity contribution in [2.24, 2.45) is 0 Å². The zero-order valence-electron chi connectivity index (χ0n) is 11.2. The molecule has 1 aliphatic rings. The van der Waals surface area contributed by atoms with Gasteiger partial charge in [0.05, 0.1) is 11.6 Å². The predicted molar refractivity (Wildman–Crippen MR) is 78.2 cm³/mol. The summed E-state index contributed by atoms with van der Waals surface area (Å²) in [4.78, 5) is 16.3. The number of nitrogens with two attached hydrogens (primary N) is 1. The summed E-state index contributed by atoms with van der Waals surface area (Å²) < 4.78 is 0. The Hall–Kier alpha value is -2.36. The minimum Gasteiger partial charge on any atom is -0.398 e. The summed E-state index contributed by atoms with van der Waals surface area (Å²) in [5, 5.41) is 3.07. The molecule has 0 fully saturated rings. The SMILES string of the molecule is Nc1ccncc1C(=O)NC1CCCc2ccccc21. The van der Waals surface area contributed by atoms with Crippen molar-refractivity contribution in [3.63, 3.8) is 0 Å². The van der Waals surface area contributed by atoms with Gasteiger partial charge in [0, 0.05) is 18.1 Å². The molecule has 1 aliphatic carbocycles. The van der Waals surface area contributed by atoms with Crippen LogP contribution in [0.1, 0.15) is 40.4 Å². The fraction of sp³-hybridized carbons (Fsp3) is 0.250. The number of carbonyl (C=O) groups is 1. The van der Waals surface area contributed by atoms with E-state index < -0.39 is 0 Å². The van der Waals surface area contributed by atoms with Gasteiger partial charge in [-0.1, -0.05) is 24.3 Å². The van der Waals surface area contributed by atoms with Crippen LogP contribution in [0.25, 0.3) is 0 Å². The lowest BCUT2D eigenvalue weighted by Gasteiger charge is -2.26. The van der Waals surface area contributed by atoms with E-state index in [4.69, 9.17) is 5.73 Å². The molecule has 0 spiro atoms. The Morgan fingerprint density at radius 3 is 3.00 bits per heavy atom. The van der Waals surface area contributed by atoms with Crippen LogP contribution in [0.4, 0.5) is 5.69 Å². The lowest BCUT2D eigenvalue weighted by molar-refractivity contribution is 0.0933. The number of rotatable bonds is 2. The zero-order valence-corrected chi connectivity index (χ0v) is 11.2. The zero-order chi connectivity index (χ0) is 13.9. The highest BCUT2D eigenvalue weighted by molar-refractivity contribution is 5.98. The van der Waals surface area contributed by atoms with E-state index in [1.54, 1.807) is 12.3 Å². The van der Waals surface area contributed by atoms with Crippen LogP contribution in [0.5, 0.6) is 0 Å². The maximum absolute atomic E-state index is 12.3. The summed E-state index contributed by atoms with van der Waals surface area (Å²) in [7, 11) is 0. The average Bonchev–Trinajstić information content (AvgIpc) is 2.48. The number of anilines is 1. The summed E-state index contributed by atoms with van der Waals surface area (Å²) in [6.45, 7) is 0. The Morgan fingerprint density at radius 1 is 1.30 bits per heavy atom. The first-order chi connectivity index (χ1) is 9.75. The fourth-order valence-electron chi connectivity index (χ4n) is 2.73. The number of pyridine rings is 1. The van der Waals surface area contributed by atoms with Gasteiger partial charge in [0.25, 0.3) is 5.91 Å². The van der Waals surface area contributed by atoms with Crippen LogP contribution in [-0.4, -0.2) is 10.9 Å². The van der Waals surface area contributed by atoms with Crippen LogP contribution in [0.2, 0.25) is 0 Å². The predicted octanol–water partition coefficient (Wildman–Crippen LogP) is 2.47. The molecule has 1 amide bonds. The molecule has 1 heterocycles. The number of amides is 1. The molecule has 0 saturated carbocycles. The van der Waals surface area contributed by atoms with Crippen LogP contribution >= 0.6 is 0 Å². The second-order valence-electron chi connectivity index (χ2n) is 5.08. The van der Waals surface area contributed by atoms with Gasteiger partial charge in [-0.3, -0.25) is 9.78 Å². The maximum atomic E-state index is 12.3. The van der Waals surface area contributed by atoms with Gasteiger partial charge in [-0.05, 0) is 36.5 Å². The summed E-state index contributed by atoms with van der Waals surface area (Å²) in [6, 6.07) is 9.98. The van der Waals surface area contributed by atoms with Crippen molar-refractivity contribution in [2.75, 3.05) is 5.73 Å². The largest absolute Gasteiger partial charge is 0.398 e. The molecule has 20 heavy (non-hydrogen) atoms. The number of aryl methyl sites for hydroxylation is 1. The number of carbonyl (C=O) groups excluding carboxylic acids is 1. The molecule has 2 aromatic rings.